The maximum Gasteiger partial charge on any atom is 0.416 e. The van der Waals surface area contributed by atoms with Crippen molar-refractivity contribution in [1.29, 1.82) is 5.26 Å². The summed E-state index contributed by atoms with van der Waals surface area (Å²) < 4.78 is 39.1. The highest BCUT2D eigenvalue weighted by Gasteiger charge is 2.44. The van der Waals surface area contributed by atoms with Gasteiger partial charge in [-0.3, -0.25) is 4.79 Å². The second-order valence-electron chi connectivity index (χ2n) is 8.82. The van der Waals surface area contributed by atoms with Gasteiger partial charge in [0.1, 0.15) is 12.1 Å². The van der Waals surface area contributed by atoms with Crippen LogP contribution in [0.3, 0.4) is 0 Å². The lowest BCUT2D eigenvalue weighted by molar-refractivity contribution is -0.152. The maximum atomic E-state index is 13.6. The SMILES string of the molecule is N#Cc1cc(C(F)(F)F)ccc1N1CCC(C(=O)N2[C@@H](c3ccccc3Cl)CC[C@H]2C(=O)O)CC1. The topological polar surface area (TPSA) is 84.6 Å². The zero-order chi connectivity index (χ0) is 25.3. The Balaban J connectivity index is 1.52. The molecule has 2 aromatic rings. The third-order valence-corrected chi connectivity index (χ3v) is 7.16. The van der Waals surface area contributed by atoms with Crippen LogP contribution in [0.2, 0.25) is 5.02 Å². The second kappa shape index (κ2) is 9.78. The zero-order valence-electron chi connectivity index (χ0n) is 18.6. The first-order valence-corrected chi connectivity index (χ1v) is 11.6. The second-order valence-corrected chi connectivity index (χ2v) is 9.22. The number of likely N-dealkylation sites (tertiary alicyclic amines) is 1. The first-order chi connectivity index (χ1) is 16.6. The molecule has 35 heavy (non-hydrogen) atoms. The molecular formula is C25H23ClF3N3O3. The van der Waals surface area contributed by atoms with E-state index in [-0.39, 0.29) is 11.5 Å². The van der Waals surface area contributed by atoms with Crippen LogP contribution in [0, 0.1) is 17.2 Å². The summed E-state index contributed by atoms with van der Waals surface area (Å²) in [7, 11) is 0. The van der Waals surface area contributed by atoms with Gasteiger partial charge < -0.3 is 14.9 Å². The number of alkyl halides is 3. The highest BCUT2D eigenvalue weighted by molar-refractivity contribution is 6.31. The Morgan fingerprint density at radius 1 is 1.06 bits per heavy atom. The van der Waals surface area contributed by atoms with Crippen LogP contribution in [0.15, 0.2) is 42.5 Å². The van der Waals surface area contributed by atoms with Crippen LogP contribution in [0.5, 0.6) is 0 Å². The van der Waals surface area contributed by atoms with Crippen LogP contribution < -0.4 is 4.90 Å². The zero-order valence-corrected chi connectivity index (χ0v) is 19.4. The van der Waals surface area contributed by atoms with Gasteiger partial charge in [-0.15, -0.1) is 0 Å². The number of hydrogen-bond donors (Lipinski definition) is 1. The number of nitrogens with zero attached hydrogens (tertiary/aromatic N) is 3. The molecule has 2 aliphatic rings. The molecule has 6 nitrogen and oxygen atoms in total. The highest BCUT2D eigenvalue weighted by atomic mass is 35.5. The summed E-state index contributed by atoms with van der Waals surface area (Å²) in [6, 6.07) is 10.6. The molecule has 0 aromatic heterocycles. The number of halogens is 4. The molecule has 0 aliphatic carbocycles. The molecule has 0 bridgehead atoms. The van der Waals surface area contributed by atoms with E-state index in [1.165, 1.54) is 11.0 Å². The molecule has 2 fully saturated rings. The number of rotatable bonds is 4. The fourth-order valence-corrected chi connectivity index (χ4v) is 5.33. The van der Waals surface area contributed by atoms with Gasteiger partial charge in [-0.2, -0.15) is 18.4 Å². The number of amides is 1. The van der Waals surface area contributed by atoms with Crippen LogP contribution in [-0.2, 0) is 15.8 Å². The lowest BCUT2D eigenvalue weighted by Gasteiger charge is -2.37. The minimum atomic E-state index is -4.54. The van der Waals surface area contributed by atoms with Gasteiger partial charge in [0.15, 0.2) is 0 Å². The summed E-state index contributed by atoms with van der Waals surface area (Å²) in [4.78, 5) is 28.7. The fourth-order valence-electron chi connectivity index (χ4n) is 5.07. The van der Waals surface area contributed by atoms with Gasteiger partial charge >= 0.3 is 12.1 Å². The first-order valence-electron chi connectivity index (χ1n) is 11.3. The van der Waals surface area contributed by atoms with Crippen molar-refractivity contribution in [3.05, 3.63) is 64.2 Å². The van der Waals surface area contributed by atoms with Gasteiger partial charge in [-0.05, 0) is 55.5 Å². The summed E-state index contributed by atoms with van der Waals surface area (Å²) in [6.07, 6.45) is -2.95. The molecule has 2 saturated heterocycles. The van der Waals surface area contributed by atoms with Crippen LogP contribution in [0.4, 0.5) is 18.9 Å². The number of nitriles is 1. The highest BCUT2D eigenvalue weighted by Crippen LogP contribution is 2.41. The number of carboxylic acids is 1. The smallest absolute Gasteiger partial charge is 0.416 e. The summed E-state index contributed by atoms with van der Waals surface area (Å²) >= 11 is 6.35. The Bertz CT molecular complexity index is 1170. The molecule has 1 N–H and O–H groups in total. The van der Waals surface area contributed by atoms with Gasteiger partial charge in [-0.25, -0.2) is 4.79 Å². The molecule has 1 amide bonds. The Hall–Kier alpha value is -3.25. The van der Waals surface area contributed by atoms with Crippen molar-refractivity contribution in [3.63, 3.8) is 0 Å². The summed E-state index contributed by atoms with van der Waals surface area (Å²) in [6.45, 7) is 0.720. The molecule has 2 aliphatic heterocycles. The van der Waals surface area contributed by atoms with Crippen LogP contribution in [0.1, 0.15) is 48.4 Å². The molecule has 2 atom stereocenters. The number of aliphatic carboxylic acids is 1. The Morgan fingerprint density at radius 2 is 1.74 bits per heavy atom. The number of carbonyl (C=O) groups excluding carboxylic acids is 1. The van der Waals surface area contributed by atoms with E-state index >= 15 is 0 Å². The third-order valence-electron chi connectivity index (χ3n) is 6.82. The average molecular weight is 506 g/mol. The van der Waals surface area contributed by atoms with E-state index in [2.05, 4.69) is 0 Å². The quantitative estimate of drug-likeness (QED) is 0.612. The largest absolute Gasteiger partial charge is 0.480 e. The van der Waals surface area contributed by atoms with Crippen LogP contribution in [0.25, 0.3) is 0 Å². The Morgan fingerprint density at radius 3 is 2.34 bits per heavy atom. The van der Waals surface area contributed by atoms with Crippen molar-refractivity contribution in [2.45, 2.75) is 43.9 Å². The van der Waals surface area contributed by atoms with E-state index in [0.717, 1.165) is 12.1 Å². The average Bonchev–Trinajstić information content (AvgIpc) is 3.28. The molecule has 4 rings (SSSR count). The van der Waals surface area contributed by atoms with Crippen molar-refractivity contribution in [3.8, 4) is 6.07 Å². The molecule has 0 spiro atoms. The molecule has 0 radical (unpaired) electrons. The number of piperidine rings is 1. The van der Waals surface area contributed by atoms with Gasteiger partial charge in [0.2, 0.25) is 5.91 Å². The number of hydrogen-bond acceptors (Lipinski definition) is 4. The first kappa shape index (κ1) is 24.9. The minimum absolute atomic E-state index is 0.0751. The van der Waals surface area contributed by atoms with Crippen molar-refractivity contribution < 1.29 is 27.9 Å². The number of benzene rings is 2. The van der Waals surface area contributed by atoms with Crippen molar-refractivity contribution in [1.82, 2.24) is 4.90 Å². The molecule has 0 unspecified atom stereocenters. The number of carboxylic acid groups (broad SMARTS) is 1. The van der Waals surface area contributed by atoms with Gasteiger partial charge in [0.05, 0.1) is 22.9 Å². The minimum Gasteiger partial charge on any atom is -0.480 e. The summed E-state index contributed by atoms with van der Waals surface area (Å²) in [5, 5.41) is 19.6. The molecule has 2 aromatic carbocycles. The van der Waals surface area contributed by atoms with E-state index in [4.69, 9.17) is 11.6 Å². The van der Waals surface area contributed by atoms with E-state index in [9.17, 15) is 33.1 Å². The van der Waals surface area contributed by atoms with E-state index < -0.39 is 35.7 Å². The van der Waals surface area contributed by atoms with Gasteiger partial charge in [0, 0.05) is 24.0 Å². The molecule has 2 heterocycles. The van der Waals surface area contributed by atoms with Crippen LogP contribution in [-0.4, -0.2) is 41.0 Å². The van der Waals surface area contributed by atoms with Gasteiger partial charge in [-0.1, -0.05) is 29.8 Å². The Kier molecular flexibility index (Phi) is 6.95. The maximum absolute atomic E-state index is 13.6. The predicted octanol–water partition coefficient (Wildman–Crippen LogP) is 5.26. The predicted molar refractivity (Wildman–Crippen MR) is 123 cm³/mol. The normalized spacial score (nSPS) is 21.1. The number of anilines is 1. The third kappa shape index (κ3) is 4.94. The molecule has 0 saturated carbocycles. The fraction of sp³-hybridized carbons (Fsp3) is 0.400. The van der Waals surface area contributed by atoms with Crippen LogP contribution >= 0.6 is 11.6 Å². The van der Waals surface area contributed by atoms with Gasteiger partial charge in [0.25, 0.3) is 0 Å². The van der Waals surface area contributed by atoms with E-state index in [0.29, 0.717) is 55.0 Å². The van der Waals surface area contributed by atoms with E-state index in [1.807, 2.05) is 6.07 Å². The number of carbonyl (C=O) groups is 2. The molecule has 10 heteroatoms. The molecular weight excluding hydrogens is 483 g/mol. The van der Waals surface area contributed by atoms with Crippen molar-refractivity contribution in [2.24, 2.45) is 5.92 Å². The van der Waals surface area contributed by atoms with E-state index in [1.54, 1.807) is 29.2 Å². The van der Waals surface area contributed by atoms with Crippen molar-refractivity contribution in [2.75, 3.05) is 18.0 Å². The standard InChI is InChI=1S/C25H23ClF3N3O3/c26-19-4-2-1-3-18(19)21-7-8-22(24(34)35)32(21)23(33)15-9-11-31(12-10-15)20-6-5-17(25(27,28)29)13-16(20)14-30/h1-6,13,15,21-22H,7-12H2,(H,34,35)/t21-,22+/m1/s1. The lowest BCUT2D eigenvalue weighted by atomic mass is 9.93. The molecule has 184 valence electrons. The Labute approximate surface area is 205 Å². The summed E-state index contributed by atoms with van der Waals surface area (Å²) in [5.41, 5.74) is 0.146. The van der Waals surface area contributed by atoms with Crippen molar-refractivity contribution >= 4 is 29.2 Å². The summed E-state index contributed by atoms with van der Waals surface area (Å²) in [5.74, 6) is -1.75. The lowest BCUT2D eigenvalue weighted by Crippen LogP contribution is -2.47. The monoisotopic (exact) mass is 505 g/mol.